The Bertz CT molecular complexity index is 560. The highest BCUT2D eigenvalue weighted by Crippen LogP contribution is 2.30. The maximum absolute atomic E-state index is 5.59. The zero-order valence-electron chi connectivity index (χ0n) is 12.8. The first kappa shape index (κ1) is 14.9. The Hall–Kier alpha value is -1.45. The molecule has 0 amide bonds. The number of benzene rings is 1. The first-order valence-corrected chi connectivity index (χ1v) is 7.19. The molecule has 2 rings (SSSR count). The zero-order chi connectivity index (χ0) is 14.6. The molecule has 20 heavy (non-hydrogen) atoms. The minimum atomic E-state index is -0.156. The summed E-state index contributed by atoms with van der Waals surface area (Å²) in [5, 5.41) is 4.79. The van der Waals surface area contributed by atoms with Crippen molar-refractivity contribution in [1.29, 1.82) is 0 Å². The number of hydrogen-bond donors (Lipinski definition) is 1. The summed E-state index contributed by atoms with van der Waals surface area (Å²) in [6.07, 6.45) is 2.76. The predicted octanol–water partition coefficient (Wildman–Crippen LogP) is 3.70. The van der Waals surface area contributed by atoms with Crippen LogP contribution in [0.15, 0.2) is 36.5 Å². The van der Waals surface area contributed by atoms with Crippen LogP contribution in [0.1, 0.15) is 38.8 Å². The summed E-state index contributed by atoms with van der Waals surface area (Å²) in [5.74, 6) is 0. The normalized spacial score (nSPS) is 13.6. The fraction of sp³-hybridized carbons (Fsp3) is 0.471. The van der Waals surface area contributed by atoms with E-state index in [0.717, 1.165) is 18.5 Å². The van der Waals surface area contributed by atoms with Gasteiger partial charge in [0.15, 0.2) is 0 Å². The third-order valence-electron chi connectivity index (χ3n) is 3.75. The van der Waals surface area contributed by atoms with E-state index in [9.17, 15) is 0 Å². The molecule has 1 heterocycles. The molecule has 1 unspecified atom stereocenters. The molecular formula is C17H24N2O. The van der Waals surface area contributed by atoms with Crippen LogP contribution in [0.5, 0.6) is 0 Å². The highest BCUT2D eigenvalue weighted by Gasteiger charge is 2.24. The number of rotatable bonds is 6. The predicted molar refractivity (Wildman–Crippen MR) is 83.9 cm³/mol. The van der Waals surface area contributed by atoms with Gasteiger partial charge in [-0.15, -0.1) is 0 Å². The fourth-order valence-corrected chi connectivity index (χ4v) is 2.54. The molecule has 0 bridgehead atoms. The number of nitrogens with one attached hydrogen (secondary N) is 1. The lowest BCUT2D eigenvalue weighted by Crippen LogP contribution is -2.32. The van der Waals surface area contributed by atoms with Crippen molar-refractivity contribution in [2.75, 3.05) is 13.7 Å². The average molecular weight is 272 g/mol. The first-order valence-electron chi connectivity index (χ1n) is 7.19. The van der Waals surface area contributed by atoms with Gasteiger partial charge in [-0.3, -0.25) is 4.98 Å². The summed E-state index contributed by atoms with van der Waals surface area (Å²) in [7, 11) is 1.77. The number of pyridine rings is 1. The number of methoxy groups -OCH3 is 1. The van der Waals surface area contributed by atoms with Crippen LogP contribution < -0.4 is 5.32 Å². The van der Waals surface area contributed by atoms with Crippen molar-refractivity contribution in [1.82, 2.24) is 10.3 Å². The minimum Gasteiger partial charge on any atom is -0.379 e. The highest BCUT2D eigenvalue weighted by molar-refractivity contribution is 5.82. The lowest BCUT2D eigenvalue weighted by molar-refractivity contribution is 0.00709. The largest absolute Gasteiger partial charge is 0.379 e. The Morgan fingerprint density at radius 1 is 1.25 bits per heavy atom. The van der Waals surface area contributed by atoms with Gasteiger partial charge in [0.05, 0.1) is 11.1 Å². The van der Waals surface area contributed by atoms with Crippen LogP contribution in [-0.4, -0.2) is 24.2 Å². The molecule has 3 heteroatoms. The molecule has 3 nitrogen and oxygen atoms in total. The smallest absolute Gasteiger partial charge is 0.0705 e. The number of nitrogens with zero attached hydrogens (tertiary/aromatic N) is 1. The summed E-state index contributed by atoms with van der Waals surface area (Å²) in [6, 6.07) is 10.7. The molecule has 0 fully saturated rings. The molecule has 108 valence electrons. The zero-order valence-corrected chi connectivity index (χ0v) is 12.8. The average Bonchev–Trinajstić information content (AvgIpc) is 2.46. The van der Waals surface area contributed by atoms with E-state index in [4.69, 9.17) is 4.74 Å². The molecule has 1 N–H and O–H groups in total. The summed E-state index contributed by atoms with van der Waals surface area (Å²) in [4.78, 5) is 4.44. The molecule has 2 aromatic rings. The third kappa shape index (κ3) is 3.35. The first-order chi connectivity index (χ1) is 9.57. The van der Waals surface area contributed by atoms with Crippen molar-refractivity contribution in [3.63, 3.8) is 0 Å². The second-order valence-corrected chi connectivity index (χ2v) is 5.70. The van der Waals surface area contributed by atoms with E-state index in [0.29, 0.717) is 0 Å². The van der Waals surface area contributed by atoms with E-state index < -0.39 is 0 Å². The quantitative estimate of drug-likeness (QED) is 0.870. The highest BCUT2D eigenvalue weighted by atomic mass is 16.5. The molecule has 0 radical (unpaired) electrons. The van der Waals surface area contributed by atoms with E-state index in [1.807, 2.05) is 12.3 Å². The standard InChI is InChI=1S/C17H24N2O/c1-5-18-16(12-17(2,3)20-4)14-8-6-10-15-13(14)9-7-11-19-15/h6-11,16,18H,5,12H2,1-4H3. The van der Waals surface area contributed by atoms with Gasteiger partial charge >= 0.3 is 0 Å². The van der Waals surface area contributed by atoms with Crippen LogP contribution in [0.4, 0.5) is 0 Å². The van der Waals surface area contributed by atoms with Gasteiger partial charge < -0.3 is 10.1 Å². The van der Waals surface area contributed by atoms with E-state index in [-0.39, 0.29) is 11.6 Å². The van der Waals surface area contributed by atoms with Crippen LogP contribution in [-0.2, 0) is 4.74 Å². The molecule has 0 aliphatic carbocycles. The van der Waals surface area contributed by atoms with Gasteiger partial charge in [0.2, 0.25) is 0 Å². The van der Waals surface area contributed by atoms with Gasteiger partial charge in [0.25, 0.3) is 0 Å². The Kier molecular flexibility index (Phi) is 4.73. The molecule has 0 saturated carbocycles. The van der Waals surface area contributed by atoms with Gasteiger partial charge in [-0.2, -0.15) is 0 Å². The van der Waals surface area contributed by atoms with Gasteiger partial charge in [0, 0.05) is 24.7 Å². The van der Waals surface area contributed by atoms with Crippen molar-refractivity contribution < 1.29 is 4.74 Å². The summed E-state index contributed by atoms with van der Waals surface area (Å²) < 4.78 is 5.59. The molecule has 0 spiro atoms. The Balaban J connectivity index is 2.41. The van der Waals surface area contributed by atoms with Crippen molar-refractivity contribution >= 4 is 10.9 Å². The van der Waals surface area contributed by atoms with Crippen LogP contribution in [0, 0.1) is 0 Å². The summed E-state index contributed by atoms with van der Waals surface area (Å²) >= 11 is 0. The SMILES string of the molecule is CCNC(CC(C)(C)OC)c1cccc2ncccc12. The maximum atomic E-state index is 5.59. The molecule has 0 aliphatic rings. The maximum Gasteiger partial charge on any atom is 0.0705 e. The number of aromatic nitrogens is 1. The molecule has 1 atom stereocenters. The fourth-order valence-electron chi connectivity index (χ4n) is 2.54. The van der Waals surface area contributed by atoms with Gasteiger partial charge in [0.1, 0.15) is 0 Å². The Morgan fingerprint density at radius 2 is 2.05 bits per heavy atom. The van der Waals surface area contributed by atoms with E-state index in [1.165, 1.54) is 10.9 Å². The van der Waals surface area contributed by atoms with Gasteiger partial charge in [-0.1, -0.05) is 25.1 Å². The van der Waals surface area contributed by atoms with Crippen LogP contribution in [0.25, 0.3) is 10.9 Å². The molecule has 0 saturated heterocycles. The number of fused-ring (bicyclic) bond motifs is 1. The van der Waals surface area contributed by atoms with Crippen LogP contribution >= 0.6 is 0 Å². The van der Waals surface area contributed by atoms with Crippen molar-refractivity contribution in [2.45, 2.75) is 38.8 Å². The second kappa shape index (κ2) is 6.33. The number of hydrogen-bond acceptors (Lipinski definition) is 3. The monoisotopic (exact) mass is 272 g/mol. The lowest BCUT2D eigenvalue weighted by Gasteiger charge is -2.30. The second-order valence-electron chi connectivity index (χ2n) is 5.70. The van der Waals surface area contributed by atoms with Crippen molar-refractivity contribution in [3.8, 4) is 0 Å². The van der Waals surface area contributed by atoms with Crippen molar-refractivity contribution in [3.05, 3.63) is 42.1 Å². The Morgan fingerprint density at radius 3 is 2.75 bits per heavy atom. The van der Waals surface area contributed by atoms with Crippen molar-refractivity contribution in [2.24, 2.45) is 0 Å². The summed E-state index contributed by atoms with van der Waals surface area (Å²) in [5.41, 5.74) is 2.18. The van der Waals surface area contributed by atoms with E-state index in [2.05, 4.69) is 55.3 Å². The topological polar surface area (TPSA) is 34.1 Å². The van der Waals surface area contributed by atoms with Crippen LogP contribution in [0.2, 0.25) is 0 Å². The lowest BCUT2D eigenvalue weighted by atomic mass is 9.91. The molecule has 0 aliphatic heterocycles. The van der Waals surface area contributed by atoms with E-state index in [1.54, 1.807) is 7.11 Å². The molecular weight excluding hydrogens is 248 g/mol. The van der Waals surface area contributed by atoms with E-state index >= 15 is 0 Å². The van der Waals surface area contributed by atoms with Crippen LogP contribution in [0.3, 0.4) is 0 Å². The molecule has 1 aromatic carbocycles. The summed E-state index contributed by atoms with van der Waals surface area (Å²) in [6.45, 7) is 7.32. The van der Waals surface area contributed by atoms with Gasteiger partial charge in [-0.05, 0) is 44.5 Å². The third-order valence-corrected chi connectivity index (χ3v) is 3.75. The minimum absolute atomic E-state index is 0.156. The molecule has 1 aromatic heterocycles. The number of ether oxygens (including phenoxy) is 1. The van der Waals surface area contributed by atoms with Gasteiger partial charge in [-0.25, -0.2) is 0 Å². The Labute approximate surface area is 121 Å².